The van der Waals surface area contributed by atoms with Gasteiger partial charge in [0, 0.05) is 34.8 Å². The Morgan fingerprint density at radius 2 is 1.07 bits per heavy atom. The van der Waals surface area contributed by atoms with Crippen molar-refractivity contribution in [2.75, 3.05) is 7.05 Å². The van der Waals surface area contributed by atoms with Crippen LogP contribution in [0.25, 0.3) is 65.9 Å². The average molecular weight is 706 g/mol. The zero-order valence-electron chi connectivity index (χ0n) is 30.2. The predicted molar refractivity (Wildman–Crippen MR) is 229 cm³/mol. The summed E-state index contributed by atoms with van der Waals surface area (Å²) in [5.74, 6) is 1.63. The molecule has 1 aliphatic rings. The van der Waals surface area contributed by atoms with Crippen LogP contribution in [0.3, 0.4) is 0 Å². The summed E-state index contributed by atoms with van der Waals surface area (Å²) in [5.41, 5.74) is 11.3. The number of aromatic nitrogens is 2. The Bertz CT molecular complexity index is 3170. The molecule has 0 radical (unpaired) electrons. The maximum atomic E-state index is 5.50. The molecule has 0 spiro atoms. The van der Waals surface area contributed by atoms with E-state index in [0.29, 0.717) is 0 Å². The van der Waals surface area contributed by atoms with E-state index in [1.165, 1.54) is 43.7 Å². The van der Waals surface area contributed by atoms with E-state index in [9.17, 15) is 0 Å². The van der Waals surface area contributed by atoms with Gasteiger partial charge >= 0.3 is 0 Å². The second kappa shape index (κ2) is 12.4. The highest BCUT2D eigenvalue weighted by Crippen LogP contribution is 2.42. The molecule has 1 atom stereocenters. The van der Waals surface area contributed by atoms with Crippen LogP contribution in [-0.4, -0.2) is 32.6 Å². The molecule has 10 aromatic rings. The number of fused-ring (bicyclic) bond motifs is 7. The Labute approximate surface area is 318 Å². The van der Waals surface area contributed by atoms with Crippen molar-refractivity contribution < 1.29 is 0 Å². The first-order chi connectivity index (χ1) is 27.2. The Hall–Kier alpha value is -7.24. The van der Waals surface area contributed by atoms with Gasteiger partial charge in [0.05, 0.1) is 16.6 Å². The maximum Gasteiger partial charge on any atom is 0.160 e. The van der Waals surface area contributed by atoms with Gasteiger partial charge < -0.3 is 4.90 Å². The Morgan fingerprint density at radius 3 is 1.84 bits per heavy atom. The summed E-state index contributed by atoms with van der Waals surface area (Å²) in [6, 6.07) is 67.1. The largest absolute Gasteiger partial charge is 0.333 e. The van der Waals surface area contributed by atoms with Crippen LogP contribution in [0.5, 0.6) is 0 Å². The van der Waals surface area contributed by atoms with Crippen molar-refractivity contribution >= 4 is 60.8 Å². The van der Waals surface area contributed by atoms with Gasteiger partial charge in [0.2, 0.25) is 0 Å². The van der Waals surface area contributed by atoms with Crippen LogP contribution in [0.1, 0.15) is 22.9 Å². The zero-order chi connectivity index (χ0) is 36.5. The molecule has 8 aromatic carbocycles. The van der Waals surface area contributed by atoms with E-state index < -0.39 is 0 Å². The number of aliphatic imine (C=N–C) groups is 2. The highest BCUT2D eigenvalue weighted by atomic mass is 15.3. The van der Waals surface area contributed by atoms with Crippen LogP contribution in [-0.2, 0) is 0 Å². The van der Waals surface area contributed by atoms with E-state index in [0.717, 1.165) is 50.6 Å². The molecule has 5 heteroatoms. The third-order valence-corrected chi connectivity index (χ3v) is 11.1. The minimum Gasteiger partial charge on any atom is -0.333 e. The standard InChI is InChI=1S/C50H35N5/c1-53-48(51-47(40-27-14-18-33-16-5-7-24-38(33)40)52-49(53)41-28-15-19-34-17-6-8-25-39(34)41)36-21-13-20-35(32-36)46-42-26-9-10-29-43(42)55-45-31-12-11-30-44(45)54(50(46)55)37-22-3-2-4-23-37/h2-32,48H,1H3. The summed E-state index contributed by atoms with van der Waals surface area (Å²) in [7, 11) is 2.13. The molecule has 11 rings (SSSR count). The number of para-hydroxylation sites is 4. The molecular weight excluding hydrogens is 671 g/mol. The summed E-state index contributed by atoms with van der Waals surface area (Å²) in [4.78, 5) is 13.1. The van der Waals surface area contributed by atoms with Crippen molar-refractivity contribution in [1.82, 2.24) is 13.9 Å². The third-order valence-electron chi connectivity index (χ3n) is 11.1. The van der Waals surface area contributed by atoms with Crippen LogP contribution in [0.4, 0.5) is 0 Å². The highest BCUT2D eigenvalue weighted by molar-refractivity contribution is 6.20. The fourth-order valence-corrected chi connectivity index (χ4v) is 8.66. The quantitative estimate of drug-likeness (QED) is 0.176. The number of amidine groups is 2. The zero-order valence-corrected chi connectivity index (χ0v) is 30.2. The molecule has 0 saturated heterocycles. The molecule has 1 aliphatic heterocycles. The Balaban J connectivity index is 1.15. The van der Waals surface area contributed by atoms with Crippen molar-refractivity contribution in [2.45, 2.75) is 6.17 Å². The van der Waals surface area contributed by atoms with E-state index in [1.54, 1.807) is 0 Å². The third kappa shape index (κ3) is 4.87. The molecule has 55 heavy (non-hydrogen) atoms. The number of imidazole rings is 1. The van der Waals surface area contributed by atoms with E-state index in [-0.39, 0.29) is 6.17 Å². The van der Waals surface area contributed by atoms with E-state index >= 15 is 0 Å². The van der Waals surface area contributed by atoms with Crippen LogP contribution in [0.2, 0.25) is 0 Å². The number of hydrogen-bond donors (Lipinski definition) is 0. The molecule has 0 fully saturated rings. The topological polar surface area (TPSA) is 37.3 Å². The van der Waals surface area contributed by atoms with E-state index in [1.807, 2.05) is 0 Å². The Kier molecular flexibility index (Phi) is 7.07. The van der Waals surface area contributed by atoms with Gasteiger partial charge in [-0.15, -0.1) is 0 Å². The lowest BCUT2D eigenvalue weighted by Crippen LogP contribution is -2.35. The molecule has 260 valence electrons. The van der Waals surface area contributed by atoms with Crippen LogP contribution < -0.4 is 0 Å². The lowest BCUT2D eigenvalue weighted by Gasteiger charge is -2.33. The second-order valence-corrected chi connectivity index (χ2v) is 14.3. The fourth-order valence-electron chi connectivity index (χ4n) is 8.66. The predicted octanol–water partition coefficient (Wildman–Crippen LogP) is 11.8. The fraction of sp³-hybridized carbons (Fsp3) is 0.0400. The van der Waals surface area contributed by atoms with Gasteiger partial charge in [0.1, 0.15) is 11.5 Å². The highest BCUT2D eigenvalue weighted by Gasteiger charge is 2.29. The van der Waals surface area contributed by atoms with Gasteiger partial charge in [-0.2, -0.15) is 0 Å². The molecule has 0 aliphatic carbocycles. The molecule has 0 bridgehead atoms. The minimum absolute atomic E-state index is 0.329. The summed E-state index contributed by atoms with van der Waals surface area (Å²) in [6.45, 7) is 0. The number of nitrogens with zero attached hydrogens (tertiary/aromatic N) is 5. The molecule has 5 nitrogen and oxygen atoms in total. The SMILES string of the molecule is CN1C(c2cccc3ccccc23)=NC(c2cccc3ccccc23)=NC1c1cccc(-c2c3ccccc3n3c4ccccc4n(-c4ccccc4)c23)c1. The maximum absolute atomic E-state index is 5.50. The lowest BCUT2D eigenvalue weighted by atomic mass is 9.98. The van der Waals surface area contributed by atoms with Crippen molar-refractivity contribution in [2.24, 2.45) is 9.98 Å². The van der Waals surface area contributed by atoms with Gasteiger partial charge in [-0.3, -0.25) is 8.97 Å². The molecule has 0 saturated carbocycles. The van der Waals surface area contributed by atoms with Gasteiger partial charge in [-0.05, 0) is 69.1 Å². The summed E-state index contributed by atoms with van der Waals surface area (Å²) in [5, 5.41) is 5.86. The van der Waals surface area contributed by atoms with Gasteiger partial charge in [-0.1, -0.05) is 152 Å². The average Bonchev–Trinajstić information content (AvgIpc) is 3.76. The lowest BCUT2D eigenvalue weighted by molar-refractivity contribution is 0.383. The summed E-state index contributed by atoms with van der Waals surface area (Å²) in [6.07, 6.45) is -0.329. The molecule has 3 heterocycles. The molecule has 0 N–H and O–H groups in total. The van der Waals surface area contributed by atoms with E-state index in [2.05, 4.69) is 209 Å². The van der Waals surface area contributed by atoms with Gasteiger partial charge in [-0.25, -0.2) is 9.98 Å². The minimum atomic E-state index is -0.329. The van der Waals surface area contributed by atoms with Crippen LogP contribution in [0, 0.1) is 0 Å². The number of rotatable bonds is 5. The Morgan fingerprint density at radius 1 is 0.491 bits per heavy atom. The number of hydrogen-bond acceptors (Lipinski definition) is 3. The van der Waals surface area contributed by atoms with Crippen LogP contribution in [0.15, 0.2) is 198 Å². The van der Waals surface area contributed by atoms with Crippen molar-refractivity contribution in [1.29, 1.82) is 0 Å². The van der Waals surface area contributed by atoms with E-state index in [4.69, 9.17) is 9.98 Å². The smallest absolute Gasteiger partial charge is 0.160 e. The van der Waals surface area contributed by atoms with Gasteiger partial charge in [0.15, 0.2) is 12.0 Å². The second-order valence-electron chi connectivity index (χ2n) is 14.3. The first kappa shape index (κ1) is 31.3. The molecule has 0 amide bonds. The first-order valence-electron chi connectivity index (χ1n) is 18.8. The summed E-state index contributed by atoms with van der Waals surface area (Å²) < 4.78 is 4.83. The van der Waals surface area contributed by atoms with Crippen molar-refractivity contribution in [3.63, 3.8) is 0 Å². The number of benzene rings is 8. The van der Waals surface area contributed by atoms with Crippen LogP contribution >= 0.6 is 0 Å². The summed E-state index contributed by atoms with van der Waals surface area (Å²) >= 11 is 0. The monoisotopic (exact) mass is 705 g/mol. The molecule has 1 unspecified atom stereocenters. The molecule has 2 aromatic heterocycles. The van der Waals surface area contributed by atoms with Crippen molar-refractivity contribution in [3.8, 4) is 16.8 Å². The van der Waals surface area contributed by atoms with Gasteiger partial charge in [0.25, 0.3) is 0 Å². The van der Waals surface area contributed by atoms with Crippen molar-refractivity contribution in [3.05, 3.63) is 205 Å². The molecular formula is C50H35N5. The normalized spacial score (nSPS) is 14.6. The first-order valence-corrected chi connectivity index (χ1v) is 18.8.